The number of likely N-dealkylation sites (N-methyl/N-ethyl adjacent to an activating group) is 1. The number of aromatic nitrogens is 1. The van der Waals surface area contributed by atoms with Crippen molar-refractivity contribution < 1.29 is 9.52 Å². The minimum Gasteiger partial charge on any atom is -0.443 e. The zero-order valence-corrected chi connectivity index (χ0v) is 7.45. The molecule has 0 aliphatic carbocycles. The van der Waals surface area contributed by atoms with Gasteiger partial charge in [-0.15, -0.1) is 0 Å². The summed E-state index contributed by atoms with van der Waals surface area (Å²) in [6, 6.07) is 0. The molecule has 0 spiro atoms. The SMILES string of the molecule is CN(C)CCc1ncc(CO)o1. The summed E-state index contributed by atoms with van der Waals surface area (Å²) in [6.07, 6.45) is 2.35. The van der Waals surface area contributed by atoms with E-state index in [-0.39, 0.29) is 6.61 Å². The van der Waals surface area contributed by atoms with Crippen LogP contribution in [0, 0.1) is 0 Å². The lowest BCUT2D eigenvalue weighted by Gasteiger charge is -2.05. The van der Waals surface area contributed by atoms with Gasteiger partial charge in [-0.2, -0.15) is 0 Å². The lowest BCUT2D eigenvalue weighted by Crippen LogP contribution is -2.15. The Labute approximate surface area is 71.8 Å². The van der Waals surface area contributed by atoms with Crippen LogP contribution in [0.1, 0.15) is 11.7 Å². The van der Waals surface area contributed by atoms with Crippen molar-refractivity contribution in [2.75, 3.05) is 20.6 Å². The predicted octanol–water partition coefficient (Wildman–Crippen LogP) is 0.271. The topological polar surface area (TPSA) is 49.5 Å². The molecule has 0 unspecified atom stereocenters. The van der Waals surface area contributed by atoms with Crippen molar-refractivity contribution >= 4 is 0 Å². The summed E-state index contributed by atoms with van der Waals surface area (Å²) in [5, 5.41) is 8.68. The number of aliphatic hydroxyl groups is 1. The van der Waals surface area contributed by atoms with Gasteiger partial charge in [0.15, 0.2) is 5.89 Å². The molecule has 0 bridgehead atoms. The van der Waals surface area contributed by atoms with Crippen LogP contribution in [0.4, 0.5) is 0 Å². The first kappa shape index (κ1) is 9.22. The maximum absolute atomic E-state index is 8.68. The predicted molar refractivity (Wildman–Crippen MR) is 44.7 cm³/mol. The number of oxazole rings is 1. The third kappa shape index (κ3) is 2.64. The lowest BCUT2D eigenvalue weighted by molar-refractivity contribution is 0.242. The van der Waals surface area contributed by atoms with Gasteiger partial charge in [0, 0.05) is 13.0 Å². The number of rotatable bonds is 4. The normalized spacial score (nSPS) is 11.0. The molecule has 4 heteroatoms. The largest absolute Gasteiger partial charge is 0.443 e. The van der Waals surface area contributed by atoms with E-state index >= 15 is 0 Å². The Morgan fingerprint density at radius 3 is 2.83 bits per heavy atom. The van der Waals surface area contributed by atoms with Crippen LogP contribution in [0.3, 0.4) is 0 Å². The van der Waals surface area contributed by atoms with Gasteiger partial charge in [0.1, 0.15) is 12.4 Å². The summed E-state index contributed by atoms with van der Waals surface area (Å²) in [5.74, 6) is 1.22. The van der Waals surface area contributed by atoms with Crippen LogP contribution in [0.15, 0.2) is 10.6 Å². The van der Waals surface area contributed by atoms with E-state index in [4.69, 9.17) is 9.52 Å². The number of hydrogen-bond donors (Lipinski definition) is 1. The maximum atomic E-state index is 8.68. The molecule has 1 aromatic heterocycles. The minimum atomic E-state index is -0.0744. The van der Waals surface area contributed by atoms with E-state index in [0.717, 1.165) is 13.0 Å². The average Bonchev–Trinajstić information content (AvgIpc) is 2.48. The highest BCUT2D eigenvalue weighted by molar-refractivity contribution is 4.92. The first-order valence-corrected chi connectivity index (χ1v) is 3.91. The van der Waals surface area contributed by atoms with Gasteiger partial charge in [0.05, 0.1) is 6.20 Å². The molecular weight excluding hydrogens is 156 g/mol. The second-order valence-corrected chi connectivity index (χ2v) is 2.93. The molecule has 1 aromatic rings. The molecule has 1 rings (SSSR count). The fourth-order valence-corrected chi connectivity index (χ4v) is 0.856. The van der Waals surface area contributed by atoms with Gasteiger partial charge in [-0.25, -0.2) is 4.98 Å². The molecule has 0 saturated heterocycles. The van der Waals surface area contributed by atoms with Crippen molar-refractivity contribution in [3.05, 3.63) is 17.8 Å². The van der Waals surface area contributed by atoms with Crippen molar-refractivity contribution in [1.82, 2.24) is 9.88 Å². The third-order valence-corrected chi connectivity index (χ3v) is 1.53. The highest BCUT2D eigenvalue weighted by Crippen LogP contribution is 2.03. The summed E-state index contributed by atoms with van der Waals surface area (Å²) in [7, 11) is 3.99. The van der Waals surface area contributed by atoms with Gasteiger partial charge in [-0.05, 0) is 14.1 Å². The Balaban J connectivity index is 2.41. The standard InChI is InChI=1S/C8H14N2O2/c1-10(2)4-3-8-9-5-7(6-11)12-8/h5,11H,3-4,6H2,1-2H3. The van der Waals surface area contributed by atoms with Crippen molar-refractivity contribution in [2.45, 2.75) is 13.0 Å². The molecule has 0 aromatic carbocycles. The van der Waals surface area contributed by atoms with Crippen LogP contribution < -0.4 is 0 Å². The maximum Gasteiger partial charge on any atom is 0.195 e. The summed E-state index contributed by atoms with van der Waals surface area (Å²) < 4.78 is 5.20. The molecule has 68 valence electrons. The van der Waals surface area contributed by atoms with Crippen molar-refractivity contribution in [3.63, 3.8) is 0 Å². The second kappa shape index (κ2) is 4.23. The number of aliphatic hydroxyl groups excluding tert-OH is 1. The molecule has 0 aliphatic heterocycles. The molecule has 0 atom stereocenters. The van der Waals surface area contributed by atoms with Crippen molar-refractivity contribution in [2.24, 2.45) is 0 Å². The first-order valence-electron chi connectivity index (χ1n) is 3.91. The van der Waals surface area contributed by atoms with E-state index in [9.17, 15) is 0 Å². The van der Waals surface area contributed by atoms with Crippen LogP contribution in [-0.2, 0) is 13.0 Å². The van der Waals surface area contributed by atoms with Crippen molar-refractivity contribution in [3.8, 4) is 0 Å². The summed E-state index contributed by atoms with van der Waals surface area (Å²) in [6.45, 7) is 0.834. The monoisotopic (exact) mass is 170 g/mol. The highest BCUT2D eigenvalue weighted by atomic mass is 16.4. The molecule has 12 heavy (non-hydrogen) atoms. The Hall–Kier alpha value is -0.870. The third-order valence-electron chi connectivity index (χ3n) is 1.53. The van der Waals surface area contributed by atoms with E-state index in [1.54, 1.807) is 6.20 Å². The zero-order chi connectivity index (χ0) is 8.97. The Bertz CT molecular complexity index is 233. The highest BCUT2D eigenvalue weighted by Gasteiger charge is 2.02. The first-order chi connectivity index (χ1) is 5.72. The van der Waals surface area contributed by atoms with Gasteiger partial charge in [-0.1, -0.05) is 0 Å². The van der Waals surface area contributed by atoms with Gasteiger partial charge in [0.2, 0.25) is 0 Å². The van der Waals surface area contributed by atoms with Crippen LogP contribution in [0.5, 0.6) is 0 Å². The Morgan fingerprint density at radius 1 is 1.58 bits per heavy atom. The molecular formula is C8H14N2O2. The van der Waals surface area contributed by atoms with Crippen LogP contribution in [0.2, 0.25) is 0 Å². The Kier molecular flexibility index (Phi) is 3.25. The van der Waals surface area contributed by atoms with Gasteiger partial charge in [-0.3, -0.25) is 0 Å². The molecule has 4 nitrogen and oxygen atoms in total. The minimum absolute atomic E-state index is 0.0744. The quantitative estimate of drug-likeness (QED) is 0.704. The smallest absolute Gasteiger partial charge is 0.195 e. The van der Waals surface area contributed by atoms with E-state index in [2.05, 4.69) is 9.88 Å². The molecule has 0 aliphatic rings. The number of hydrogen-bond acceptors (Lipinski definition) is 4. The van der Waals surface area contributed by atoms with Crippen LogP contribution in [0.25, 0.3) is 0 Å². The molecule has 1 heterocycles. The van der Waals surface area contributed by atoms with Gasteiger partial charge in [0.25, 0.3) is 0 Å². The summed E-state index contributed by atoms with van der Waals surface area (Å²) >= 11 is 0. The summed E-state index contributed by atoms with van der Waals surface area (Å²) in [5.41, 5.74) is 0. The van der Waals surface area contributed by atoms with Gasteiger partial charge < -0.3 is 14.4 Å². The lowest BCUT2D eigenvalue weighted by atomic mass is 10.4. The van der Waals surface area contributed by atoms with Gasteiger partial charge >= 0.3 is 0 Å². The molecule has 0 radical (unpaired) electrons. The summed E-state index contributed by atoms with van der Waals surface area (Å²) in [4.78, 5) is 6.06. The van der Waals surface area contributed by atoms with E-state index in [1.165, 1.54) is 0 Å². The molecule has 0 amide bonds. The van der Waals surface area contributed by atoms with Crippen LogP contribution >= 0.6 is 0 Å². The van der Waals surface area contributed by atoms with Crippen LogP contribution in [-0.4, -0.2) is 35.6 Å². The zero-order valence-electron chi connectivity index (χ0n) is 7.45. The average molecular weight is 170 g/mol. The second-order valence-electron chi connectivity index (χ2n) is 2.93. The fourth-order valence-electron chi connectivity index (χ4n) is 0.856. The Morgan fingerprint density at radius 2 is 2.33 bits per heavy atom. The molecule has 0 saturated carbocycles. The van der Waals surface area contributed by atoms with E-state index in [1.807, 2.05) is 14.1 Å². The van der Waals surface area contributed by atoms with Crippen molar-refractivity contribution in [1.29, 1.82) is 0 Å². The van der Waals surface area contributed by atoms with E-state index < -0.39 is 0 Å². The molecule has 0 fully saturated rings. The van der Waals surface area contributed by atoms with E-state index in [0.29, 0.717) is 11.7 Å². The fraction of sp³-hybridized carbons (Fsp3) is 0.625. The number of nitrogens with zero attached hydrogens (tertiary/aromatic N) is 2. The molecule has 1 N–H and O–H groups in total.